The van der Waals surface area contributed by atoms with Gasteiger partial charge in [-0.3, -0.25) is 0 Å². The van der Waals surface area contributed by atoms with E-state index in [1.165, 1.54) is 176 Å². The lowest BCUT2D eigenvalue weighted by Crippen LogP contribution is -1.94. The average molecular weight is 1890 g/mol. The number of hydrogen-bond acceptors (Lipinski definition) is 1. The molecule has 0 atom stereocenters. The van der Waals surface area contributed by atoms with Crippen LogP contribution in [-0.4, -0.2) is 18.3 Å². The minimum Gasteiger partial charge on any atom is -0.454 e. The van der Waals surface area contributed by atoms with Gasteiger partial charge in [0, 0.05) is 88.8 Å². The van der Waals surface area contributed by atoms with Gasteiger partial charge in [0.2, 0.25) is 0 Å². The lowest BCUT2D eigenvalue weighted by molar-refractivity contribution is 0.666. The van der Waals surface area contributed by atoms with Crippen LogP contribution in [0.5, 0.6) is 0 Å². The maximum Gasteiger partial charge on any atom is 0.159 e. The first-order valence-corrected chi connectivity index (χ1v) is 45.7. The molecule has 5 heterocycles. The van der Waals surface area contributed by atoms with E-state index in [1.807, 2.05) is 18.2 Å². The fourth-order valence-corrected chi connectivity index (χ4v) is 20.2. The summed E-state index contributed by atoms with van der Waals surface area (Å²) >= 11 is 14.5. The Morgan fingerprint density at radius 1 is 0.173 bits per heavy atom. The van der Waals surface area contributed by atoms with E-state index < -0.39 is 0 Å². The Labute approximate surface area is 768 Å². The molecular weight excluding hydrogens is 1810 g/mol. The van der Waals surface area contributed by atoms with Crippen molar-refractivity contribution in [2.75, 3.05) is 0 Å². The average Bonchev–Trinajstić information content (AvgIpc) is 1.67. The smallest absolute Gasteiger partial charge is 0.159 e. The molecule has 0 aliphatic rings. The molecule has 127 heavy (non-hydrogen) atoms. The van der Waals surface area contributed by atoms with Crippen LogP contribution in [0.1, 0.15) is 0 Å². The molecule has 25 aromatic rings. The van der Waals surface area contributed by atoms with E-state index >= 15 is 0 Å². The summed E-state index contributed by atoms with van der Waals surface area (Å²) in [4.78, 5) is 0. The maximum atomic E-state index is 6.44. The zero-order valence-corrected chi connectivity index (χ0v) is 74.9. The molecule has 0 amide bonds. The van der Waals surface area contributed by atoms with Gasteiger partial charge in [0.05, 0.1) is 49.8 Å². The molecule has 0 N–H and O–H groups in total. The first-order valence-electron chi connectivity index (χ1n) is 42.5. The molecule has 9 heteroatoms. The van der Waals surface area contributed by atoms with Gasteiger partial charge >= 0.3 is 0 Å². The second-order valence-corrected chi connectivity index (χ2v) is 35.6. The van der Waals surface area contributed by atoms with Gasteiger partial charge in [0.15, 0.2) is 5.58 Å². The third kappa shape index (κ3) is 14.9. The lowest BCUT2D eigenvalue weighted by Gasteiger charge is -2.10. The second kappa shape index (κ2) is 33.9. The van der Waals surface area contributed by atoms with Crippen LogP contribution in [0.15, 0.2) is 483 Å². The molecule has 602 valence electrons. The Hall–Kier alpha value is -14.4. The highest BCUT2D eigenvalue weighted by atomic mass is 79.9. The summed E-state index contributed by atoms with van der Waals surface area (Å²) in [7, 11) is 0. The molecule has 0 aliphatic heterocycles. The first kappa shape index (κ1) is 78.6. The fraction of sp³-hybridized carbons (Fsp3) is 0. The number of para-hydroxylation sites is 7. The molecular formula is C118H76Br4N4O. The molecule has 20 aromatic carbocycles. The molecule has 25 rings (SSSR count). The van der Waals surface area contributed by atoms with Crippen LogP contribution >= 0.6 is 63.7 Å². The second-order valence-electron chi connectivity index (χ2n) is 32.0. The highest BCUT2D eigenvalue weighted by Crippen LogP contribution is 2.44. The molecule has 0 fully saturated rings. The van der Waals surface area contributed by atoms with Crippen molar-refractivity contribution in [3.8, 4) is 89.5 Å². The van der Waals surface area contributed by atoms with Crippen LogP contribution in [0.4, 0.5) is 0 Å². The Bertz CT molecular complexity index is 8530. The fourth-order valence-electron chi connectivity index (χ4n) is 18.5. The predicted molar refractivity (Wildman–Crippen MR) is 551 cm³/mol. The minimum absolute atomic E-state index is 0.909. The van der Waals surface area contributed by atoms with Crippen molar-refractivity contribution in [1.82, 2.24) is 18.3 Å². The van der Waals surface area contributed by atoms with E-state index in [-0.39, 0.29) is 0 Å². The number of furan rings is 1. The first-order chi connectivity index (χ1) is 62.6. The van der Waals surface area contributed by atoms with Crippen molar-refractivity contribution < 1.29 is 4.42 Å². The van der Waals surface area contributed by atoms with Gasteiger partial charge < -0.3 is 22.7 Å². The number of nitrogens with zero attached hydrogens (tertiary/aromatic N) is 4. The van der Waals surface area contributed by atoms with Crippen LogP contribution in [0, 0.1) is 0 Å². The number of rotatable bonds is 10. The Kier molecular flexibility index (Phi) is 21.0. The Morgan fingerprint density at radius 3 is 1.01 bits per heavy atom. The molecule has 0 aliphatic carbocycles. The molecule has 0 saturated carbocycles. The van der Waals surface area contributed by atoms with Gasteiger partial charge in [-0.2, -0.15) is 0 Å². The van der Waals surface area contributed by atoms with Gasteiger partial charge in [-0.1, -0.05) is 355 Å². The standard InChI is InChI=1S/C36H22BrNO.C30H20BrN.C28H18BrN.C24H16BrN/c37-31-15-4-1-11-26(31)25-10-7-9-23(21-25)24-19-20-33-30(22-24)27-12-2-5-16-32(27)38(33)34-17-8-14-29-28-13-3-6-18-35(28)39-36(29)34;31-25-10-6-9-23(19-25)24-15-18-30-28(20-24)27-11-4-5-12-29(27)32(30)26-16-13-22(14-17-26)21-7-2-1-3-8-21;29-23-9-5-8-20(16-23)22-13-15-28-26(18-22)25-10-3-4-11-27(25)30(28)24-14-12-19-6-1-2-7-21(19)17-24;25-19-8-6-7-17(15-19)18-13-14-24-22(16-18)21-11-4-5-12-23(21)26(24)20-9-2-1-3-10-20/h1-22H;1-20H;1-18H;1-16H. The molecule has 0 bridgehead atoms. The normalized spacial score (nSPS) is 11.5. The number of halogens is 4. The molecule has 0 spiro atoms. The van der Waals surface area contributed by atoms with Gasteiger partial charge in [-0.05, 0) is 247 Å². The lowest BCUT2D eigenvalue weighted by atomic mass is 9.98. The zero-order valence-electron chi connectivity index (χ0n) is 68.6. The SMILES string of the molecule is Brc1cccc(-c2ccc3c(c2)c2ccccc2n3-c2ccc(-c3ccccc3)cc2)c1.Brc1cccc(-c2ccc3c(c2)c2ccccc2n3-c2ccc3ccccc3c2)c1.Brc1cccc(-c2ccc3c(c2)c2ccccc2n3-c2ccccc2)c1.Brc1ccccc1-c1cccc(-c2ccc3c(c2)c2ccccc2n3-c2cccc3c2oc2ccccc23)c1. The van der Waals surface area contributed by atoms with Crippen molar-refractivity contribution in [2.45, 2.75) is 0 Å². The Morgan fingerprint density at radius 2 is 0.504 bits per heavy atom. The Balaban J connectivity index is 0.000000101. The molecule has 0 radical (unpaired) electrons. The zero-order chi connectivity index (χ0) is 85.0. The highest BCUT2D eigenvalue weighted by Gasteiger charge is 2.22. The van der Waals surface area contributed by atoms with Gasteiger partial charge in [0.25, 0.3) is 0 Å². The monoisotopic (exact) mass is 1880 g/mol. The van der Waals surface area contributed by atoms with E-state index in [4.69, 9.17) is 4.42 Å². The topological polar surface area (TPSA) is 32.9 Å². The van der Waals surface area contributed by atoms with Crippen molar-refractivity contribution in [1.29, 1.82) is 0 Å². The van der Waals surface area contributed by atoms with Gasteiger partial charge in [-0.25, -0.2) is 0 Å². The maximum absolute atomic E-state index is 6.44. The number of fused-ring (bicyclic) bond motifs is 16. The summed E-state index contributed by atoms with van der Waals surface area (Å²) in [6.07, 6.45) is 0. The molecule has 5 nitrogen and oxygen atoms in total. The van der Waals surface area contributed by atoms with E-state index in [0.717, 1.165) is 51.0 Å². The molecule has 0 unspecified atom stereocenters. The summed E-state index contributed by atoms with van der Waals surface area (Å²) in [5.74, 6) is 0. The van der Waals surface area contributed by atoms with Crippen molar-refractivity contribution >= 4 is 184 Å². The number of benzene rings is 20. The van der Waals surface area contributed by atoms with Crippen LogP contribution in [0.3, 0.4) is 0 Å². The van der Waals surface area contributed by atoms with Crippen LogP contribution in [0.2, 0.25) is 0 Å². The number of aromatic nitrogens is 4. The summed E-state index contributed by atoms with van der Waals surface area (Å²) in [6.45, 7) is 0. The van der Waals surface area contributed by atoms with E-state index in [1.54, 1.807) is 0 Å². The van der Waals surface area contributed by atoms with Gasteiger partial charge in [0.1, 0.15) is 5.58 Å². The summed E-state index contributed by atoms with van der Waals surface area (Å²) in [5, 5.41) is 14.9. The summed E-state index contributed by atoms with van der Waals surface area (Å²) in [6, 6.07) is 164. The molecule has 0 saturated heterocycles. The van der Waals surface area contributed by atoms with Crippen molar-refractivity contribution in [2.24, 2.45) is 0 Å². The largest absolute Gasteiger partial charge is 0.454 e. The minimum atomic E-state index is 0.909. The summed E-state index contributed by atoms with van der Waals surface area (Å²) < 4.78 is 20.3. The van der Waals surface area contributed by atoms with Crippen LogP contribution < -0.4 is 0 Å². The molecule has 5 aromatic heterocycles. The van der Waals surface area contributed by atoms with E-state index in [2.05, 4.69) is 525 Å². The third-order valence-electron chi connectivity index (χ3n) is 24.4. The quantitative estimate of drug-likeness (QED) is 0.134. The summed E-state index contributed by atoms with van der Waals surface area (Å²) in [5.41, 5.74) is 30.7. The van der Waals surface area contributed by atoms with Gasteiger partial charge in [-0.15, -0.1) is 0 Å². The predicted octanol–water partition coefficient (Wildman–Crippen LogP) is 35.2. The van der Waals surface area contributed by atoms with Crippen molar-refractivity contribution in [3.63, 3.8) is 0 Å². The third-order valence-corrected chi connectivity index (χ3v) is 26.6. The van der Waals surface area contributed by atoms with Crippen LogP contribution in [0.25, 0.3) is 209 Å². The highest BCUT2D eigenvalue weighted by molar-refractivity contribution is 9.11. The van der Waals surface area contributed by atoms with E-state index in [9.17, 15) is 0 Å². The van der Waals surface area contributed by atoms with E-state index in [0.29, 0.717) is 0 Å². The number of hydrogen-bond donors (Lipinski definition) is 0. The van der Waals surface area contributed by atoms with Crippen molar-refractivity contribution in [3.05, 3.63) is 479 Å². The van der Waals surface area contributed by atoms with Crippen LogP contribution in [-0.2, 0) is 0 Å².